The zero-order valence-corrected chi connectivity index (χ0v) is 39.8. The zero-order valence-electron chi connectivity index (χ0n) is 39.8. The van der Waals surface area contributed by atoms with Crippen molar-refractivity contribution in [1.29, 1.82) is 0 Å². The first-order valence-corrected chi connectivity index (χ1v) is 21.3. The van der Waals surface area contributed by atoms with Crippen LogP contribution in [0.4, 0.5) is 156 Å². The largest absolute Gasteiger partial charge is 0.460 e. The third kappa shape index (κ3) is 9.78. The van der Waals surface area contributed by atoms with E-state index >= 15 is 0 Å². The Labute approximate surface area is 417 Å². The molecule has 450 valence electrons. The highest BCUT2D eigenvalue weighted by atomic mass is 19.4. The van der Waals surface area contributed by atoms with Crippen LogP contribution in [-0.2, 0) is 12.8 Å². The predicted octanol–water partition coefficient (Wildman–Crippen LogP) is 17.7. The quantitative estimate of drug-likeness (QED) is 0.108. The summed E-state index contributed by atoms with van der Waals surface area (Å²) in [5.74, 6) is -121. The fourth-order valence-electron chi connectivity index (χ4n) is 8.11. The van der Waals surface area contributed by atoms with Crippen molar-refractivity contribution in [3.63, 3.8) is 0 Å². The van der Waals surface area contributed by atoms with Crippen molar-refractivity contribution in [3.05, 3.63) is 70.0 Å². The van der Waals surface area contributed by atoms with Gasteiger partial charge in [-0.05, 0) is 79.8 Å². The van der Waals surface area contributed by atoms with E-state index in [0.29, 0.717) is 0 Å². The number of alkyl halides is 33. The van der Waals surface area contributed by atoms with Crippen LogP contribution in [0.25, 0.3) is 0 Å². The van der Waals surface area contributed by atoms with Crippen LogP contribution in [0.5, 0.6) is 0 Å². The van der Waals surface area contributed by atoms with Crippen LogP contribution in [0.2, 0.25) is 0 Å². The van der Waals surface area contributed by atoms with E-state index < -0.39 is 151 Å². The Kier molecular flexibility index (Phi) is 17.0. The van der Waals surface area contributed by atoms with E-state index in [1.807, 2.05) is 0 Å². The van der Waals surface area contributed by atoms with Gasteiger partial charge in [0, 0.05) is 43.5 Å². The molecule has 0 aliphatic carbocycles. The average Bonchev–Trinajstić information content (AvgIpc) is 3.67. The molecule has 3 rings (SSSR count). The van der Waals surface area contributed by atoms with Gasteiger partial charge in [-0.2, -0.15) is 145 Å². The molecule has 0 spiro atoms. The van der Waals surface area contributed by atoms with Gasteiger partial charge in [-0.25, -0.2) is 0 Å². The van der Waals surface area contributed by atoms with E-state index in [4.69, 9.17) is 0 Å². The molecule has 35 heteroatoms. The Hall–Kier alpha value is -4.53. The number of anilines is 2. The highest BCUT2D eigenvalue weighted by molar-refractivity contribution is 5.71. The molecule has 0 bridgehead atoms. The SMILES string of the molecule is Cc1cc(CCC(F)(F)C(F)(F)C(F)(F)C(F)(F)C(F)(F)C(F)(F)C(F)(F)C(C)(F)F)cc(C)c1N1C=CN(c2c(C)cc(CCC(F)(F)C(F)(F)C(F)(F)C(F)(F)C(F)(F)C(F)(F)C(F)(F)C(F)(F)F)cc2C)C1C(C)C. The number of hydrogen-bond donors (Lipinski definition) is 0. The van der Waals surface area contributed by atoms with Crippen molar-refractivity contribution in [1.82, 2.24) is 0 Å². The Bertz CT molecular complexity index is 2320. The maximum absolute atomic E-state index is 14.8. The van der Waals surface area contributed by atoms with E-state index in [2.05, 4.69) is 0 Å². The Morgan fingerprint density at radius 1 is 0.346 bits per heavy atom. The molecule has 1 unspecified atom stereocenters. The van der Waals surface area contributed by atoms with E-state index in [9.17, 15) is 145 Å². The van der Waals surface area contributed by atoms with Gasteiger partial charge in [-0.3, -0.25) is 0 Å². The standard InChI is InChI=1S/C43H37F33N2/c1-18(2)27-77(25-19(3)14-23(15-20(25)4)8-10-29(46,47)32(52,53)35(58,59)38(64,65)37(62,63)34(56,57)31(50,51)28(7,44)45)12-13-78(27)26-21(5)16-24(17-22(26)6)9-11-30(48,49)33(54,55)36(60,61)39(66,67)40(68,69)41(70,71)42(72,73)43(74,75)76/h12-18,27H,8-11H2,1-7H3. The molecule has 1 aliphatic heterocycles. The maximum Gasteiger partial charge on any atom is 0.460 e. The topological polar surface area (TPSA) is 6.48 Å². The first-order valence-electron chi connectivity index (χ1n) is 21.3. The van der Waals surface area contributed by atoms with Gasteiger partial charge < -0.3 is 9.80 Å². The van der Waals surface area contributed by atoms with Crippen LogP contribution >= 0.6 is 0 Å². The molecule has 2 aromatic carbocycles. The molecule has 0 N–H and O–H groups in total. The lowest BCUT2D eigenvalue weighted by atomic mass is 9.86. The minimum absolute atomic E-state index is 0.0360. The predicted molar refractivity (Wildman–Crippen MR) is 207 cm³/mol. The second-order valence-electron chi connectivity index (χ2n) is 18.6. The number of halogens is 33. The average molecular weight is 1210 g/mol. The third-order valence-electron chi connectivity index (χ3n) is 12.4. The van der Waals surface area contributed by atoms with E-state index in [0.717, 1.165) is 24.3 Å². The van der Waals surface area contributed by atoms with Gasteiger partial charge >= 0.3 is 95.0 Å². The number of hydrogen-bond acceptors (Lipinski definition) is 2. The minimum atomic E-state index is -8.81. The Morgan fingerprint density at radius 3 is 0.782 bits per heavy atom. The fourth-order valence-corrected chi connectivity index (χ4v) is 8.11. The van der Waals surface area contributed by atoms with Gasteiger partial charge in [-0.15, -0.1) is 0 Å². The summed E-state index contributed by atoms with van der Waals surface area (Å²) in [5.41, 5.74) is -1.13. The summed E-state index contributed by atoms with van der Waals surface area (Å²) in [5, 5.41) is 0. The van der Waals surface area contributed by atoms with Crippen LogP contribution in [0.1, 0.15) is 67.0 Å². The maximum atomic E-state index is 14.8. The molecule has 2 aromatic rings. The van der Waals surface area contributed by atoms with E-state index in [-0.39, 0.29) is 33.6 Å². The molecular weight excluding hydrogens is 1170 g/mol. The van der Waals surface area contributed by atoms with Crippen LogP contribution in [-0.4, -0.2) is 101 Å². The van der Waals surface area contributed by atoms with E-state index in [1.165, 1.54) is 63.7 Å². The first-order chi connectivity index (χ1) is 34.1. The third-order valence-corrected chi connectivity index (χ3v) is 12.4. The van der Waals surface area contributed by atoms with Crippen molar-refractivity contribution < 1.29 is 145 Å². The summed E-state index contributed by atoms with van der Waals surface area (Å²) >= 11 is 0. The number of aryl methyl sites for hydroxylation is 6. The second kappa shape index (κ2) is 19.6. The van der Waals surface area contributed by atoms with Crippen LogP contribution < -0.4 is 9.80 Å². The summed E-state index contributed by atoms with van der Waals surface area (Å²) in [6.07, 6.45) is -15.0. The monoisotopic (exact) mass is 1210 g/mol. The van der Waals surface area contributed by atoms with Gasteiger partial charge in [0.15, 0.2) is 0 Å². The lowest BCUT2D eigenvalue weighted by Crippen LogP contribution is -2.74. The number of benzene rings is 2. The normalized spacial score (nSPS) is 17.3. The van der Waals surface area contributed by atoms with Crippen LogP contribution in [0.15, 0.2) is 36.7 Å². The molecular formula is C43H37F33N2. The molecule has 0 radical (unpaired) electrons. The summed E-state index contributed by atoms with van der Waals surface area (Å²) in [4.78, 5) is 2.79. The van der Waals surface area contributed by atoms with Crippen molar-refractivity contribution in [2.24, 2.45) is 5.92 Å². The summed E-state index contributed by atoms with van der Waals surface area (Å²) in [7, 11) is 0. The molecule has 78 heavy (non-hydrogen) atoms. The molecule has 2 nitrogen and oxygen atoms in total. The lowest BCUT2D eigenvalue weighted by molar-refractivity contribution is -0.461. The zero-order chi connectivity index (χ0) is 62.0. The lowest BCUT2D eigenvalue weighted by Gasteiger charge is -2.43. The highest BCUT2D eigenvalue weighted by Crippen LogP contribution is 2.66. The minimum Gasteiger partial charge on any atom is -0.325 e. The van der Waals surface area contributed by atoms with Crippen molar-refractivity contribution in [3.8, 4) is 0 Å². The van der Waals surface area contributed by atoms with Crippen molar-refractivity contribution in [2.75, 3.05) is 9.80 Å². The van der Waals surface area contributed by atoms with Gasteiger partial charge in [0.2, 0.25) is 0 Å². The van der Waals surface area contributed by atoms with Crippen molar-refractivity contribution in [2.45, 2.75) is 175 Å². The molecule has 0 aromatic heterocycles. The van der Waals surface area contributed by atoms with Crippen LogP contribution in [0, 0.1) is 33.6 Å². The van der Waals surface area contributed by atoms with Gasteiger partial charge in [0.1, 0.15) is 6.17 Å². The fraction of sp³-hybridized carbons (Fsp3) is 0.674. The van der Waals surface area contributed by atoms with Crippen LogP contribution in [0.3, 0.4) is 0 Å². The van der Waals surface area contributed by atoms with Gasteiger partial charge in [0.25, 0.3) is 0 Å². The highest BCUT2D eigenvalue weighted by Gasteiger charge is 2.96. The first kappa shape index (κ1) is 67.7. The molecule has 0 saturated heterocycles. The number of nitrogens with zero attached hydrogens (tertiary/aromatic N) is 2. The molecule has 1 aliphatic rings. The molecule has 1 heterocycles. The second-order valence-corrected chi connectivity index (χ2v) is 18.6. The van der Waals surface area contributed by atoms with E-state index in [1.54, 1.807) is 0 Å². The van der Waals surface area contributed by atoms with Gasteiger partial charge in [-0.1, -0.05) is 38.1 Å². The van der Waals surface area contributed by atoms with Crippen molar-refractivity contribution >= 4 is 11.4 Å². The molecule has 0 saturated carbocycles. The summed E-state index contributed by atoms with van der Waals surface area (Å²) in [6, 6.07) is 3.49. The molecule has 0 fully saturated rings. The Morgan fingerprint density at radius 2 is 0.564 bits per heavy atom. The molecule has 1 atom stereocenters. The summed E-state index contributed by atoms with van der Waals surface area (Å²) < 4.78 is 460. The molecule has 0 amide bonds. The smallest absolute Gasteiger partial charge is 0.325 e. The number of rotatable bonds is 22. The Balaban J connectivity index is 1.94. The summed E-state index contributed by atoms with van der Waals surface area (Å²) in [6.45, 7) is 6.50. The van der Waals surface area contributed by atoms with Gasteiger partial charge in [0.05, 0.1) is 0 Å².